The Kier molecular flexibility index (Phi) is 6.83. The number of fused-ring (bicyclic) bond motifs is 1. The molecule has 2 fully saturated rings. The lowest BCUT2D eigenvalue weighted by Crippen LogP contribution is -2.52. The molecule has 4 rings (SSSR count). The number of carboxylic acid groups (broad SMARTS) is 1. The first-order chi connectivity index (χ1) is 16.3. The molecule has 0 spiro atoms. The molecule has 34 heavy (non-hydrogen) atoms. The van der Waals surface area contributed by atoms with E-state index in [1.165, 1.54) is 4.90 Å². The summed E-state index contributed by atoms with van der Waals surface area (Å²) >= 11 is 0. The standard InChI is InChI=1S/C28H31NO5/c1-19-6-4-7-21(16-19)13-15-28(34-26(30)18-22-9-11-23(33-3)12-10-22)14-5-8-25-24(28)17-20(2)29(25)27(31)32/h4,6-7,9-12,16,20,24-25H,5,8,14,17-18H2,1-3H3,(H,31,32)/t20?,24-,25-,28-/m1/s1. The van der Waals surface area contributed by atoms with Crippen LogP contribution in [0.15, 0.2) is 48.5 Å². The van der Waals surface area contributed by atoms with Crippen LogP contribution in [0.4, 0.5) is 4.79 Å². The molecule has 2 aromatic rings. The summed E-state index contributed by atoms with van der Waals surface area (Å²) in [6.45, 7) is 3.93. The fourth-order valence-corrected chi connectivity index (χ4v) is 5.45. The van der Waals surface area contributed by atoms with Gasteiger partial charge in [-0.1, -0.05) is 30.2 Å². The molecule has 0 bridgehead atoms. The Morgan fingerprint density at radius 1 is 1.21 bits per heavy atom. The number of hydrogen-bond donors (Lipinski definition) is 1. The predicted octanol–water partition coefficient (Wildman–Crippen LogP) is 4.82. The van der Waals surface area contributed by atoms with Gasteiger partial charge in [0.2, 0.25) is 0 Å². The molecule has 4 atom stereocenters. The lowest BCUT2D eigenvalue weighted by Gasteiger charge is -2.42. The molecule has 1 saturated carbocycles. The third-order valence-electron chi connectivity index (χ3n) is 7.00. The van der Waals surface area contributed by atoms with Gasteiger partial charge in [-0.2, -0.15) is 0 Å². The Morgan fingerprint density at radius 2 is 1.97 bits per heavy atom. The number of aryl methyl sites for hydroxylation is 1. The monoisotopic (exact) mass is 461 g/mol. The topological polar surface area (TPSA) is 76.1 Å². The lowest BCUT2D eigenvalue weighted by molar-refractivity contribution is -0.161. The van der Waals surface area contributed by atoms with E-state index < -0.39 is 11.7 Å². The van der Waals surface area contributed by atoms with Crippen molar-refractivity contribution in [1.82, 2.24) is 4.90 Å². The van der Waals surface area contributed by atoms with Crippen molar-refractivity contribution in [2.45, 2.75) is 63.6 Å². The number of esters is 1. The van der Waals surface area contributed by atoms with Crippen LogP contribution in [0.3, 0.4) is 0 Å². The number of ether oxygens (including phenoxy) is 2. The average molecular weight is 462 g/mol. The summed E-state index contributed by atoms with van der Waals surface area (Å²) in [6, 6.07) is 14.9. The number of nitrogens with zero attached hydrogens (tertiary/aromatic N) is 1. The van der Waals surface area contributed by atoms with E-state index in [-0.39, 0.29) is 30.4 Å². The second-order valence-corrected chi connectivity index (χ2v) is 9.35. The second-order valence-electron chi connectivity index (χ2n) is 9.35. The normalized spacial score (nSPS) is 25.6. The van der Waals surface area contributed by atoms with Crippen molar-refractivity contribution >= 4 is 12.1 Å². The highest BCUT2D eigenvalue weighted by molar-refractivity contribution is 5.74. The minimum absolute atomic E-state index is 0.119. The van der Waals surface area contributed by atoms with Gasteiger partial charge >= 0.3 is 12.1 Å². The molecule has 1 amide bonds. The van der Waals surface area contributed by atoms with Crippen LogP contribution in [0.1, 0.15) is 49.3 Å². The number of carbonyl (C=O) groups is 2. The van der Waals surface area contributed by atoms with Crippen LogP contribution in [-0.4, -0.2) is 46.9 Å². The van der Waals surface area contributed by atoms with E-state index in [0.29, 0.717) is 12.8 Å². The van der Waals surface area contributed by atoms with E-state index in [2.05, 4.69) is 11.8 Å². The molecule has 1 unspecified atom stereocenters. The molecular weight excluding hydrogens is 430 g/mol. The number of hydrogen-bond acceptors (Lipinski definition) is 4. The first-order valence-corrected chi connectivity index (χ1v) is 11.8. The molecule has 1 saturated heterocycles. The highest BCUT2D eigenvalue weighted by Crippen LogP contribution is 2.47. The predicted molar refractivity (Wildman–Crippen MR) is 129 cm³/mol. The zero-order valence-electron chi connectivity index (χ0n) is 19.9. The summed E-state index contributed by atoms with van der Waals surface area (Å²) in [5.74, 6) is 6.78. The summed E-state index contributed by atoms with van der Waals surface area (Å²) in [7, 11) is 1.60. The summed E-state index contributed by atoms with van der Waals surface area (Å²) in [4.78, 5) is 26.7. The zero-order chi connectivity index (χ0) is 24.3. The van der Waals surface area contributed by atoms with Gasteiger partial charge in [-0.05, 0) is 80.8 Å². The largest absolute Gasteiger partial charge is 0.497 e. The third kappa shape index (κ3) is 4.89. The van der Waals surface area contributed by atoms with Crippen molar-refractivity contribution in [3.63, 3.8) is 0 Å². The number of likely N-dealkylation sites (tertiary alicyclic amines) is 1. The fourth-order valence-electron chi connectivity index (χ4n) is 5.45. The molecule has 1 aliphatic heterocycles. The number of carbonyl (C=O) groups excluding carboxylic acids is 1. The van der Waals surface area contributed by atoms with Crippen LogP contribution in [0.2, 0.25) is 0 Å². The van der Waals surface area contributed by atoms with Crippen LogP contribution in [0.5, 0.6) is 5.75 Å². The van der Waals surface area contributed by atoms with E-state index in [9.17, 15) is 14.7 Å². The molecule has 178 valence electrons. The lowest BCUT2D eigenvalue weighted by atomic mass is 9.72. The number of amides is 1. The summed E-state index contributed by atoms with van der Waals surface area (Å²) in [5.41, 5.74) is 1.76. The van der Waals surface area contributed by atoms with Crippen molar-refractivity contribution < 1.29 is 24.2 Å². The highest BCUT2D eigenvalue weighted by atomic mass is 16.6. The molecular formula is C28H31NO5. The SMILES string of the molecule is COc1ccc(CC(=O)O[C@@]2(C#Cc3cccc(C)c3)CCC[C@@H]3[C@H]2CC(C)N3C(=O)O)cc1. The van der Waals surface area contributed by atoms with Crippen molar-refractivity contribution in [3.8, 4) is 17.6 Å². The van der Waals surface area contributed by atoms with Gasteiger partial charge in [-0.3, -0.25) is 4.79 Å². The Hall–Kier alpha value is -3.46. The molecule has 0 radical (unpaired) electrons. The van der Waals surface area contributed by atoms with Crippen molar-refractivity contribution in [2.75, 3.05) is 7.11 Å². The van der Waals surface area contributed by atoms with Crippen LogP contribution >= 0.6 is 0 Å². The van der Waals surface area contributed by atoms with Gasteiger partial charge < -0.3 is 19.5 Å². The Balaban J connectivity index is 1.65. The smallest absolute Gasteiger partial charge is 0.407 e. The average Bonchev–Trinajstić information content (AvgIpc) is 3.16. The van der Waals surface area contributed by atoms with Crippen molar-refractivity contribution in [2.24, 2.45) is 5.92 Å². The number of benzene rings is 2. The van der Waals surface area contributed by atoms with Gasteiger partial charge in [0.25, 0.3) is 0 Å². The van der Waals surface area contributed by atoms with Gasteiger partial charge in [-0.15, -0.1) is 0 Å². The van der Waals surface area contributed by atoms with Crippen molar-refractivity contribution in [3.05, 3.63) is 65.2 Å². The van der Waals surface area contributed by atoms with Gasteiger partial charge in [0.15, 0.2) is 5.60 Å². The Labute approximate surface area is 200 Å². The minimum atomic E-state index is -1.02. The highest BCUT2D eigenvalue weighted by Gasteiger charge is 2.55. The molecule has 1 heterocycles. The molecule has 6 nitrogen and oxygen atoms in total. The maximum absolute atomic E-state index is 13.1. The number of rotatable bonds is 4. The summed E-state index contributed by atoms with van der Waals surface area (Å²) in [6.07, 6.45) is 1.91. The maximum Gasteiger partial charge on any atom is 0.407 e. The van der Waals surface area contributed by atoms with Gasteiger partial charge in [-0.25, -0.2) is 4.79 Å². The van der Waals surface area contributed by atoms with E-state index in [1.807, 2.05) is 62.4 Å². The molecule has 6 heteroatoms. The second kappa shape index (κ2) is 9.80. The minimum Gasteiger partial charge on any atom is -0.497 e. The van der Waals surface area contributed by atoms with Crippen molar-refractivity contribution in [1.29, 1.82) is 0 Å². The first-order valence-electron chi connectivity index (χ1n) is 11.8. The van der Waals surface area contributed by atoms with E-state index in [1.54, 1.807) is 7.11 Å². The molecule has 2 aromatic carbocycles. The van der Waals surface area contributed by atoms with Crippen LogP contribution < -0.4 is 4.74 Å². The summed E-state index contributed by atoms with van der Waals surface area (Å²) < 4.78 is 11.4. The van der Waals surface area contributed by atoms with Crippen LogP contribution in [0, 0.1) is 24.7 Å². The number of methoxy groups -OCH3 is 1. The van der Waals surface area contributed by atoms with E-state index in [4.69, 9.17) is 9.47 Å². The first kappa shape index (κ1) is 23.7. The fraction of sp³-hybridized carbons (Fsp3) is 0.429. The summed E-state index contributed by atoms with van der Waals surface area (Å²) in [5, 5.41) is 9.82. The molecule has 1 aliphatic carbocycles. The quantitative estimate of drug-likeness (QED) is 0.522. The molecule has 2 aliphatic rings. The van der Waals surface area contributed by atoms with Crippen LogP contribution in [0.25, 0.3) is 0 Å². The molecule has 1 N–H and O–H groups in total. The van der Waals surface area contributed by atoms with Gasteiger partial charge in [0.1, 0.15) is 5.75 Å². The van der Waals surface area contributed by atoms with Crippen LogP contribution in [-0.2, 0) is 16.0 Å². The van der Waals surface area contributed by atoms with Gasteiger partial charge in [0.05, 0.1) is 13.5 Å². The zero-order valence-corrected chi connectivity index (χ0v) is 19.9. The Morgan fingerprint density at radius 3 is 2.65 bits per heavy atom. The Bertz CT molecular complexity index is 1120. The molecule has 0 aromatic heterocycles. The van der Waals surface area contributed by atoms with E-state index >= 15 is 0 Å². The third-order valence-corrected chi connectivity index (χ3v) is 7.00. The van der Waals surface area contributed by atoms with Gasteiger partial charge in [0, 0.05) is 23.6 Å². The van der Waals surface area contributed by atoms with E-state index in [0.717, 1.165) is 35.3 Å². The maximum atomic E-state index is 13.1.